The van der Waals surface area contributed by atoms with E-state index in [0.29, 0.717) is 11.5 Å². The average molecular weight is 326 g/mol. The zero-order chi connectivity index (χ0) is 16.0. The van der Waals surface area contributed by atoms with Crippen molar-refractivity contribution >= 4 is 22.0 Å². The van der Waals surface area contributed by atoms with Crippen molar-refractivity contribution in [1.82, 2.24) is 14.6 Å². The minimum absolute atomic E-state index is 0.101. The van der Waals surface area contributed by atoms with Crippen molar-refractivity contribution in [3.63, 3.8) is 0 Å². The molecule has 5 nitrogen and oxygen atoms in total. The molecule has 1 aliphatic rings. The Morgan fingerprint density at radius 2 is 2.13 bits per heavy atom. The third kappa shape index (κ3) is 2.63. The highest BCUT2D eigenvalue weighted by Gasteiger charge is 2.18. The van der Waals surface area contributed by atoms with Crippen molar-refractivity contribution in [2.45, 2.75) is 33.2 Å². The Hall–Kier alpha value is -2.21. The van der Waals surface area contributed by atoms with Crippen molar-refractivity contribution < 1.29 is 0 Å². The van der Waals surface area contributed by atoms with Gasteiger partial charge < -0.3 is 4.90 Å². The highest BCUT2D eigenvalue weighted by Crippen LogP contribution is 2.29. The summed E-state index contributed by atoms with van der Waals surface area (Å²) in [5.41, 5.74) is 4.66. The van der Waals surface area contributed by atoms with E-state index in [9.17, 15) is 4.79 Å². The Morgan fingerprint density at radius 1 is 1.26 bits per heavy atom. The predicted octanol–water partition coefficient (Wildman–Crippen LogP) is 2.72. The average Bonchev–Trinajstić information content (AvgIpc) is 2.88. The molecule has 0 N–H and O–H groups in total. The minimum Gasteiger partial charge on any atom is -0.365 e. The number of aromatic nitrogens is 3. The molecule has 6 heteroatoms. The second-order valence-corrected chi connectivity index (χ2v) is 7.22. The molecule has 0 fully saturated rings. The Kier molecular flexibility index (Phi) is 3.41. The fourth-order valence-electron chi connectivity index (χ4n) is 3.20. The molecular weight excluding hydrogens is 308 g/mol. The summed E-state index contributed by atoms with van der Waals surface area (Å²) in [6, 6.07) is 8.20. The number of hydrogen-bond acceptors (Lipinski definition) is 5. The SMILES string of the molecule is Cc1ccc2c(c1)CCCN2Cc1cc(=O)n2nc(C)sc2n1. The van der Waals surface area contributed by atoms with Crippen LogP contribution >= 0.6 is 11.3 Å². The van der Waals surface area contributed by atoms with Gasteiger partial charge in [-0.2, -0.15) is 9.61 Å². The lowest BCUT2D eigenvalue weighted by Gasteiger charge is -2.31. The summed E-state index contributed by atoms with van der Waals surface area (Å²) in [6.45, 7) is 5.68. The van der Waals surface area contributed by atoms with E-state index in [-0.39, 0.29) is 5.56 Å². The van der Waals surface area contributed by atoms with E-state index in [2.05, 4.69) is 40.1 Å². The first-order valence-corrected chi connectivity index (χ1v) is 8.63. The molecule has 0 amide bonds. The van der Waals surface area contributed by atoms with Gasteiger partial charge in [-0.1, -0.05) is 29.0 Å². The molecule has 1 aliphatic heterocycles. The van der Waals surface area contributed by atoms with Crippen LogP contribution in [0.3, 0.4) is 0 Å². The zero-order valence-corrected chi connectivity index (χ0v) is 14.1. The lowest BCUT2D eigenvalue weighted by molar-refractivity contribution is 0.681. The largest absolute Gasteiger partial charge is 0.365 e. The molecule has 3 aromatic rings. The van der Waals surface area contributed by atoms with Gasteiger partial charge >= 0.3 is 0 Å². The van der Waals surface area contributed by atoms with E-state index in [4.69, 9.17) is 0 Å². The number of aryl methyl sites for hydroxylation is 3. The second kappa shape index (κ2) is 5.45. The molecule has 0 radical (unpaired) electrons. The van der Waals surface area contributed by atoms with Crippen molar-refractivity contribution in [3.8, 4) is 0 Å². The number of hydrogen-bond donors (Lipinski definition) is 0. The fourth-order valence-corrected chi connectivity index (χ4v) is 3.96. The molecule has 2 aromatic heterocycles. The van der Waals surface area contributed by atoms with Crippen LogP contribution in [0.5, 0.6) is 0 Å². The summed E-state index contributed by atoms with van der Waals surface area (Å²) in [5.74, 6) is 0. The van der Waals surface area contributed by atoms with Gasteiger partial charge in [-0.25, -0.2) is 4.98 Å². The number of nitrogens with zero attached hydrogens (tertiary/aromatic N) is 4. The van der Waals surface area contributed by atoms with Crippen molar-refractivity contribution in [3.05, 3.63) is 56.4 Å². The Bertz CT molecular complexity index is 943. The van der Waals surface area contributed by atoms with Gasteiger partial charge in [0.05, 0.1) is 12.2 Å². The first kappa shape index (κ1) is 14.4. The van der Waals surface area contributed by atoms with Gasteiger partial charge in [-0.15, -0.1) is 0 Å². The molecule has 4 rings (SSSR count). The molecule has 0 saturated heterocycles. The summed E-state index contributed by atoms with van der Waals surface area (Å²) in [5, 5.41) is 5.05. The molecule has 0 unspecified atom stereocenters. The van der Waals surface area contributed by atoms with Crippen LogP contribution in [0, 0.1) is 13.8 Å². The topological polar surface area (TPSA) is 50.5 Å². The van der Waals surface area contributed by atoms with Crippen molar-refractivity contribution in [1.29, 1.82) is 0 Å². The predicted molar refractivity (Wildman–Crippen MR) is 92.4 cm³/mol. The smallest absolute Gasteiger partial charge is 0.275 e. The van der Waals surface area contributed by atoms with E-state index < -0.39 is 0 Å². The van der Waals surface area contributed by atoms with Gasteiger partial charge in [-0.3, -0.25) is 4.79 Å². The second-order valence-electron chi connectivity index (χ2n) is 6.06. The molecule has 0 saturated carbocycles. The molecule has 118 valence electrons. The van der Waals surface area contributed by atoms with E-state index in [1.807, 2.05) is 6.92 Å². The number of rotatable bonds is 2. The standard InChI is InChI=1S/C17H18N4OS/c1-11-5-6-15-13(8-11)4-3-7-20(15)10-14-9-16(22)21-17(18-14)23-12(2)19-21/h5-6,8-9H,3-4,7,10H2,1-2H3. The molecule has 1 aromatic carbocycles. The van der Waals surface area contributed by atoms with Gasteiger partial charge in [0.25, 0.3) is 5.56 Å². The Morgan fingerprint density at radius 3 is 3.00 bits per heavy atom. The zero-order valence-electron chi connectivity index (χ0n) is 13.2. The van der Waals surface area contributed by atoms with Crippen LogP contribution < -0.4 is 10.5 Å². The summed E-state index contributed by atoms with van der Waals surface area (Å²) in [4.78, 5) is 19.8. The lowest BCUT2D eigenvalue weighted by atomic mass is 9.99. The summed E-state index contributed by atoms with van der Waals surface area (Å²) >= 11 is 1.45. The molecule has 3 heterocycles. The maximum absolute atomic E-state index is 12.2. The third-order valence-electron chi connectivity index (χ3n) is 4.20. The normalized spacial score (nSPS) is 14.3. The van der Waals surface area contributed by atoms with Crippen LogP contribution in [0.15, 0.2) is 29.1 Å². The van der Waals surface area contributed by atoms with Crippen molar-refractivity contribution in [2.24, 2.45) is 0 Å². The first-order chi connectivity index (χ1) is 11.1. The maximum Gasteiger partial charge on any atom is 0.275 e. The Balaban J connectivity index is 1.70. The van der Waals surface area contributed by atoms with E-state index in [1.165, 1.54) is 32.7 Å². The summed E-state index contributed by atoms with van der Waals surface area (Å²) in [7, 11) is 0. The molecule has 0 bridgehead atoms. The van der Waals surface area contributed by atoms with Crippen LogP contribution in [0.25, 0.3) is 4.96 Å². The van der Waals surface area contributed by atoms with Crippen LogP contribution in [-0.2, 0) is 13.0 Å². The fraction of sp³-hybridized carbons (Fsp3) is 0.353. The summed E-state index contributed by atoms with van der Waals surface area (Å²) in [6.07, 6.45) is 2.26. The van der Waals surface area contributed by atoms with E-state index >= 15 is 0 Å². The minimum atomic E-state index is -0.101. The molecular formula is C17H18N4OS. The lowest BCUT2D eigenvalue weighted by Crippen LogP contribution is -2.30. The van der Waals surface area contributed by atoms with E-state index in [0.717, 1.165) is 30.1 Å². The van der Waals surface area contributed by atoms with Crippen molar-refractivity contribution in [2.75, 3.05) is 11.4 Å². The molecule has 0 atom stereocenters. The molecule has 23 heavy (non-hydrogen) atoms. The number of benzene rings is 1. The van der Waals surface area contributed by atoms with Crippen LogP contribution in [-0.4, -0.2) is 21.1 Å². The maximum atomic E-state index is 12.2. The van der Waals surface area contributed by atoms with Crippen LogP contribution in [0.4, 0.5) is 5.69 Å². The highest BCUT2D eigenvalue weighted by atomic mass is 32.1. The number of anilines is 1. The monoisotopic (exact) mass is 326 g/mol. The van der Waals surface area contributed by atoms with Crippen LogP contribution in [0.2, 0.25) is 0 Å². The van der Waals surface area contributed by atoms with Crippen LogP contribution in [0.1, 0.15) is 28.2 Å². The third-order valence-corrected chi connectivity index (χ3v) is 5.03. The van der Waals surface area contributed by atoms with Gasteiger partial charge in [0.2, 0.25) is 4.96 Å². The quantitative estimate of drug-likeness (QED) is 0.726. The van der Waals surface area contributed by atoms with E-state index in [1.54, 1.807) is 6.07 Å². The Labute approximate surface area is 138 Å². The summed E-state index contributed by atoms with van der Waals surface area (Å²) < 4.78 is 1.39. The first-order valence-electron chi connectivity index (χ1n) is 7.81. The highest BCUT2D eigenvalue weighted by molar-refractivity contribution is 7.16. The van der Waals surface area contributed by atoms with Gasteiger partial charge in [0, 0.05) is 18.3 Å². The molecule has 0 spiro atoms. The van der Waals surface area contributed by atoms with Gasteiger partial charge in [-0.05, 0) is 38.3 Å². The van der Waals surface area contributed by atoms with Gasteiger partial charge in [0.1, 0.15) is 5.01 Å². The van der Waals surface area contributed by atoms with Gasteiger partial charge in [0.15, 0.2) is 0 Å². The molecule has 0 aliphatic carbocycles. The number of fused-ring (bicyclic) bond motifs is 2.